The Labute approximate surface area is 178 Å². The van der Waals surface area contributed by atoms with Gasteiger partial charge in [0, 0.05) is 41.7 Å². The van der Waals surface area contributed by atoms with Gasteiger partial charge in [0.25, 0.3) is 0 Å². The van der Waals surface area contributed by atoms with Gasteiger partial charge in [-0.15, -0.1) is 0 Å². The molecule has 1 amide bonds. The van der Waals surface area contributed by atoms with Gasteiger partial charge in [-0.3, -0.25) is 4.79 Å². The Hall–Kier alpha value is -2.49. The number of H-pyrrole nitrogens is 1. The number of carbonyl (C=O) groups excluding carboxylic acids is 1. The zero-order valence-electron chi connectivity index (χ0n) is 18.1. The molecule has 2 aliphatic rings. The normalized spacial score (nSPS) is 25.3. The molecule has 4 unspecified atom stereocenters. The third-order valence-electron chi connectivity index (χ3n) is 7.58. The summed E-state index contributed by atoms with van der Waals surface area (Å²) >= 11 is 0. The van der Waals surface area contributed by atoms with Crippen LogP contribution in [0.25, 0.3) is 22.2 Å². The first-order chi connectivity index (χ1) is 14.6. The van der Waals surface area contributed by atoms with Crippen molar-refractivity contribution < 1.29 is 9.21 Å². The van der Waals surface area contributed by atoms with Crippen LogP contribution in [-0.2, 0) is 4.79 Å². The van der Waals surface area contributed by atoms with Gasteiger partial charge in [-0.2, -0.15) is 0 Å². The molecule has 0 radical (unpaired) electrons. The number of rotatable bonds is 4. The van der Waals surface area contributed by atoms with Crippen LogP contribution < -0.4 is 0 Å². The molecule has 3 aromatic rings. The fourth-order valence-electron chi connectivity index (χ4n) is 6.02. The number of furan rings is 1. The second-order valence-electron chi connectivity index (χ2n) is 9.42. The summed E-state index contributed by atoms with van der Waals surface area (Å²) in [4.78, 5) is 19.1. The average Bonchev–Trinajstić information content (AvgIpc) is 3.43. The fourth-order valence-corrected chi connectivity index (χ4v) is 6.02. The lowest BCUT2D eigenvalue weighted by atomic mass is 9.72. The maximum absolute atomic E-state index is 13.4. The van der Waals surface area contributed by atoms with Crippen molar-refractivity contribution in [3.05, 3.63) is 48.4 Å². The second-order valence-corrected chi connectivity index (χ2v) is 9.42. The third kappa shape index (κ3) is 3.36. The van der Waals surface area contributed by atoms with Gasteiger partial charge < -0.3 is 14.3 Å². The summed E-state index contributed by atoms with van der Waals surface area (Å²) in [5.74, 6) is 2.81. The Balaban J connectivity index is 1.40. The van der Waals surface area contributed by atoms with Crippen molar-refractivity contribution in [1.82, 2.24) is 9.88 Å². The van der Waals surface area contributed by atoms with E-state index in [9.17, 15) is 4.79 Å². The highest BCUT2D eigenvalue weighted by atomic mass is 16.3. The van der Waals surface area contributed by atoms with E-state index in [1.807, 2.05) is 12.1 Å². The van der Waals surface area contributed by atoms with Crippen LogP contribution in [0.15, 0.2) is 47.2 Å². The molecule has 1 aliphatic heterocycles. The summed E-state index contributed by atoms with van der Waals surface area (Å²) in [5, 5.41) is 1.18. The molecular formula is C26H32N2O2. The minimum absolute atomic E-state index is 0.156. The lowest BCUT2D eigenvalue weighted by molar-refractivity contribution is -0.138. The lowest BCUT2D eigenvalue weighted by Crippen LogP contribution is -2.51. The van der Waals surface area contributed by atoms with Gasteiger partial charge in [0.2, 0.25) is 5.91 Å². The van der Waals surface area contributed by atoms with Crippen LogP contribution in [0.5, 0.6) is 0 Å². The number of amides is 1. The van der Waals surface area contributed by atoms with E-state index in [2.05, 4.69) is 48.1 Å². The van der Waals surface area contributed by atoms with E-state index >= 15 is 0 Å². The first kappa shape index (κ1) is 19.5. The van der Waals surface area contributed by atoms with Crippen LogP contribution in [0.3, 0.4) is 0 Å². The summed E-state index contributed by atoms with van der Waals surface area (Å²) in [5.41, 5.74) is 3.39. The molecule has 1 saturated carbocycles. The second kappa shape index (κ2) is 7.98. The molecule has 30 heavy (non-hydrogen) atoms. The van der Waals surface area contributed by atoms with Gasteiger partial charge in [0.1, 0.15) is 5.76 Å². The molecular weight excluding hydrogens is 372 g/mol. The van der Waals surface area contributed by atoms with Crippen molar-refractivity contribution >= 4 is 16.8 Å². The maximum Gasteiger partial charge on any atom is 0.223 e. The van der Waals surface area contributed by atoms with E-state index in [4.69, 9.17) is 4.42 Å². The highest BCUT2D eigenvalue weighted by Crippen LogP contribution is 2.40. The summed E-state index contributed by atoms with van der Waals surface area (Å²) in [6.07, 6.45) is 10.6. The highest BCUT2D eigenvalue weighted by molar-refractivity contribution is 5.97. The Morgan fingerprint density at radius 3 is 2.93 bits per heavy atom. The van der Waals surface area contributed by atoms with Crippen LogP contribution in [0, 0.1) is 11.8 Å². The van der Waals surface area contributed by atoms with E-state index in [1.54, 1.807) is 6.26 Å². The van der Waals surface area contributed by atoms with Gasteiger partial charge in [-0.1, -0.05) is 38.8 Å². The van der Waals surface area contributed by atoms with E-state index < -0.39 is 0 Å². The molecule has 5 rings (SSSR count). The van der Waals surface area contributed by atoms with Gasteiger partial charge >= 0.3 is 0 Å². The van der Waals surface area contributed by atoms with Gasteiger partial charge in [0.15, 0.2) is 0 Å². The molecule has 1 saturated heterocycles. The predicted molar refractivity (Wildman–Crippen MR) is 120 cm³/mol. The number of hydrogen-bond donors (Lipinski definition) is 1. The quantitative estimate of drug-likeness (QED) is 0.551. The third-order valence-corrected chi connectivity index (χ3v) is 7.58. The predicted octanol–water partition coefficient (Wildman–Crippen LogP) is 6.35. The standard InChI is InChI=1S/C26H32N2O2/c1-17-7-3-11-23-19(17)9-5-13-28(23)25(29)15-18(2)21-16-27-22-10-4-8-20(26(21)22)24-12-6-14-30-24/h4,6,8,10,12,14,16-19,23,27H,3,5,7,9,11,13,15H2,1-2H3. The van der Waals surface area contributed by atoms with E-state index in [-0.39, 0.29) is 5.92 Å². The summed E-state index contributed by atoms with van der Waals surface area (Å²) < 4.78 is 5.69. The molecule has 4 atom stereocenters. The number of aromatic nitrogens is 1. The monoisotopic (exact) mass is 404 g/mol. The van der Waals surface area contributed by atoms with E-state index in [1.165, 1.54) is 36.6 Å². The topological polar surface area (TPSA) is 49.2 Å². The van der Waals surface area contributed by atoms with Crippen molar-refractivity contribution in [2.75, 3.05) is 6.54 Å². The number of likely N-dealkylation sites (tertiary alicyclic amines) is 1. The number of nitrogens with zero attached hydrogens (tertiary/aromatic N) is 1. The maximum atomic E-state index is 13.4. The van der Waals surface area contributed by atoms with Crippen LogP contribution >= 0.6 is 0 Å². The zero-order valence-corrected chi connectivity index (χ0v) is 18.1. The molecule has 0 bridgehead atoms. The molecule has 4 nitrogen and oxygen atoms in total. The number of aromatic amines is 1. The SMILES string of the molecule is CC(CC(=O)N1CCCC2C(C)CCCC21)c1c[nH]c2cccc(-c3ccco3)c12. The molecule has 2 fully saturated rings. The van der Waals surface area contributed by atoms with Crippen molar-refractivity contribution in [1.29, 1.82) is 0 Å². The zero-order chi connectivity index (χ0) is 20.7. The van der Waals surface area contributed by atoms with Crippen molar-refractivity contribution in [2.45, 2.75) is 64.3 Å². The number of carbonyl (C=O) groups is 1. The van der Waals surface area contributed by atoms with Gasteiger partial charge in [0.05, 0.1) is 6.26 Å². The fraction of sp³-hybridized carbons (Fsp3) is 0.500. The number of benzene rings is 1. The first-order valence-corrected chi connectivity index (χ1v) is 11.6. The molecule has 1 aromatic carbocycles. The number of hydrogen-bond acceptors (Lipinski definition) is 2. The van der Waals surface area contributed by atoms with Crippen LogP contribution in [0.2, 0.25) is 0 Å². The molecule has 158 valence electrons. The van der Waals surface area contributed by atoms with E-state index in [0.29, 0.717) is 24.3 Å². The minimum Gasteiger partial charge on any atom is -0.464 e. The first-order valence-electron chi connectivity index (χ1n) is 11.6. The number of nitrogens with one attached hydrogen (secondary N) is 1. The highest BCUT2D eigenvalue weighted by Gasteiger charge is 2.39. The Morgan fingerprint density at radius 2 is 2.10 bits per heavy atom. The van der Waals surface area contributed by atoms with Crippen LogP contribution in [0.4, 0.5) is 0 Å². The Bertz CT molecular complexity index is 1020. The average molecular weight is 405 g/mol. The smallest absolute Gasteiger partial charge is 0.223 e. The minimum atomic E-state index is 0.156. The van der Waals surface area contributed by atoms with Crippen LogP contribution in [0.1, 0.15) is 63.9 Å². The number of fused-ring (bicyclic) bond motifs is 2. The van der Waals surface area contributed by atoms with Gasteiger partial charge in [-0.25, -0.2) is 0 Å². The molecule has 2 aromatic heterocycles. The van der Waals surface area contributed by atoms with Crippen LogP contribution in [-0.4, -0.2) is 28.4 Å². The molecule has 1 aliphatic carbocycles. The van der Waals surface area contributed by atoms with Crippen molar-refractivity contribution in [2.24, 2.45) is 11.8 Å². The molecule has 4 heteroatoms. The lowest BCUT2D eigenvalue weighted by Gasteiger charge is -2.47. The summed E-state index contributed by atoms with van der Waals surface area (Å²) in [6.45, 7) is 5.50. The Kier molecular flexibility index (Phi) is 5.18. The Morgan fingerprint density at radius 1 is 1.20 bits per heavy atom. The molecule has 1 N–H and O–H groups in total. The van der Waals surface area contributed by atoms with Crippen molar-refractivity contribution in [3.8, 4) is 11.3 Å². The molecule has 3 heterocycles. The van der Waals surface area contributed by atoms with Crippen molar-refractivity contribution in [3.63, 3.8) is 0 Å². The van der Waals surface area contributed by atoms with E-state index in [0.717, 1.165) is 35.7 Å². The van der Waals surface area contributed by atoms with Gasteiger partial charge in [-0.05, 0) is 60.8 Å². The summed E-state index contributed by atoms with van der Waals surface area (Å²) in [6, 6.07) is 10.6. The number of piperidine rings is 1. The molecule has 0 spiro atoms. The largest absolute Gasteiger partial charge is 0.464 e. The summed E-state index contributed by atoms with van der Waals surface area (Å²) in [7, 11) is 0.